The van der Waals surface area contributed by atoms with Gasteiger partial charge in [0.05, 0.1) is 5.56 Å². The number of carbonyl (C=O) groups is 2. The summed E-state index contributed by atoms with van der Waals surface area (Å²) in [6.07, 6.45) is 0.489. The largest absolute Gasteiger partial charge is 0.396 e. The molecule has 0 aromatic heterocycles. The van der Waals surface area contributed by atoms with Gasteiger partial charge in [-0.05, 0) is 42.8 Å². The Morgan fingerprint density at radius 3 is 2.35 bits per heavy atom. The van der Waals surface area contributed by atoms with Crippen molar-refractivity contribution < 1.29 is 19.1 Å². The van der Waals surface area contributed by atoms with Gasteiger partial charge in [0.25, 0.3) is 11.8 Å². The van der Waals surface area contributed by atoms with E-state index in [4.69, 9.17) is 5.11 Å². The first-order valence-corrected chi connectivity index (χ1v) is 7.17. The van der Waals surface area contributed by atoms with Crippen molar-refractivity contribution in [3.05, 3.63) is 65.5 Å². The minimum atomic E-state index is -0.593. The van der Waals surface area contributed by atoms with Crippen molar-refractivity contribution in [2.24, 2.45) is 0 Å². The SMILES string of the molecule is O=C(NCCCO)c1ccc(NC(=O)c2ccccc2F)cc1. The summed E-state index contributed by atoms with van der Waals surface area (Å²) >= 11 is 0. The van der Waals surface area contributed by atoms with E-state index < -0.39 is 11.7 Å². The zero-order valence-corrected chi connectivity index (χ0v) is 12.4. The fraction of sp³-hybridized carbons (Fsp3) is 0.176. The Balaban J connectivity index is 1.99. The molecule has 0 fully saturated rings. The maximum atomic E-state index is 13.5. The summed E-state index contributed by atoms with van der Waals surface area (Å²) in [7, 11) is 0. The second-order valence-electron chi connectivity index (χ2n) is 4.84. The van der Waals surface area contributed by atoms with Crippen LogP contribution >= 0.6 is 0 Å². The average molecular weight is 316 g/mol. The smallest absolute Gasteiger partial charge is 0.258 e. The van der Waals surface area contributed by atoms with Crippen LogP contribution in [0.3, 0.4) is 0 Å². The van der Waals surface area contributed by atoms with Gasteiger partial charge in [-0.1, -0.05) is 12.1 Å². The number of aliphatic hydroxyl groups is 1. The van der Waals surface area contributed by atoms with Crippen LogP contribution in [0.2, 0.25) is 0 Å². The molecule has 0 atom stereocenters. The third-order valence-corrected chi connectivity index (χ3v) is 3.14. The highest BCUT2D eigenvalue weighted by atomic mass is 19.1. The van der Waals surface area contributed by atoms with E-state index >= 15 is 0 Å². The molecule has 3 N–H and O–H groups in total. The Hall–Kier alpha value is -2.73. The van der Waals surface area contributed by atoms with Crippen LogP contribution in [0.15, 0.2) is 48.5 Å². The Kier molecular flexibility index (Phi) is 5.82. The van der Waals surface area contributed by atoms with Crippen molar-refractivity contribution in [3.8, 4) is 0 Å². The van der Waals surface area contributed by atoms with Crippen molar-refractivity contribution in [3.63, 3.8) is 0 Å². The van der Waals surface area contributed by atoms with Crippen molar-refractivity contribution in [1.82, 2.24) is 5.32 Å². The molecule has 0 radical (unpaired) electrons. The molecule has 0 bridgehead atoms. The minimum Gasteiger partial charge on any atom is -0.396 e. The van der Waals surface area contributed by atoms with Gasteiger partial charge in [0.1, 0.15) is 5.82 Å². The van der Waals surface area contributed by atoms with Gasteiger partial charge < -0.3 is 15.7 Å². The number of rotatable bonds is 6. The Morgan fingerprint density at radius 2 is 1.70 bits per heavy atom. The first kappa shape index (κ1) is 16.6. The topological polar surface area (TPSA) is 78.4 Å². The number of hydrogen-bond donors (Lipinski definition) is 3. The molecule has 23 heavy (non-hydrogen) atoms. The average Bonchev–Trinajstić information content (AvgIpc) is 2.56. The van der Waals surface area contributed by atoms with E-state index in [0.29, 0.717) is 24.2 Å². The molecular weight excluding hydrogens is 299 g/mol. The molecule has 0 aliphatic rings. The molecule has 0 saturated heterocycles. The lowest BCUT2D eigenvalue weighted by molar-refractivity contribution is 0.0950. The quantitative estimate of drug-likeness (QED) is 0.715. The molecule has 2 amide bonds. The summed E-state index contributed by atoms with van der Waals surface area (Å²) in [5.41, 5.74) is 0.857. The molecule has 0 aliphatic heterocycles. The van der Waals surface area contributed by atoms with Crippen LogP contribution in [-0.2, 0) is 0 Å². The number of halogens is 1. The third-order valence-electron chi connectivity index (χ3n) is 3.14. The lowest BCUT2D eigenvalue weighted by atomic mass is 10.1. The summed E-state index contributed by atoms with van der Waals surface area (Å²) < 4.78 is 13.5. The van der Waals surface area contributed by atoms with Gasteiger partial charge in [-0.15, -0.1) is 0 Å². The van der Waals surface area contributed by atoms with Crippen LogP contribution in [-0.4, -0.2) is 30.1 Å². The maximum absolute atomic E-state index is 13.5. The molecule has 2 aromatic rings. The van der Waals surface area contributed by atoms with Crippen LogP contribution < -0.4 is 10.6 Å². The van der Waals surface area contributed by atoms with Crippen molar-refractivity contribution in [2.45, 2.75) is 6.42 Å². The Labute approximate surface area is 133 Å². The van der Waals surface area contributed by atoms with E-state index in [0.717, 1.165) is 0 Å². The van der Waals surface area contributed by atoms with Crippen molar-refractivity contribution >= 4 is 17.5 Å². The van der Waals surface area contributed by atoms with E-state index in [1.165, 1.54) is 18.2 Å². The Morgan fingerprint density at radius 1 is 1.00 bits per heavy atom. The summed E-state index contributed by atoms with van der Waals surface area (Å²) in [4.78, 5) is 23.8. The zero-order valence-electron chi connectivity index (χ0n) is 12.4. The summed E-state index contributed by atoms with van der Waals surface area (Å²) in [6.45, 7) is 0.405. The standard InChI is InChI=1S/C17H17FN2O3/c18-15-5-2-1-4-14(15)17(23)20-13-8-6-12(7-9-13)16(22)19-10-3-11-21/h1-2,4-9,21H,3,10-11H2,(H,19,22)(H,20,23). The van der Waals surface area contributed by atoms with Crippen LogP contribution in [0.25, 0.3) is 0 Å². The van der Waals surface area contributed by atoms with E-state index in [1.807, 2.05) is 0 Å². The molecule has 0 spiro atoms. The van der Waals surface area contributed by atoms with Gasteiger partial charge in [-0.25, -0.2) is 4.39 Å². The molecule has 2 rings (SSSR count). The highest BCUT2D eigenvalue weighted by Crippen LogP contribution is 2.13. The summed E-state index contributed by atoms with van der Waals surface area (Å²) in [6, 6.07) is 12.0. The molecule has 6 heteroatoms. The normalized spacial score (nSPS) is 10.2. The number of nitrogens with one attached hydrogen (secondary N) is 2. The number of anilines is 1. The lowest BCUT2D eigenvalue weighted by Crippen LogP contribution is -2.25. The zero-order chi connectivity index (χ0) is 16.7. The van der Waals surface area contributed by atoms with Gasteiger partial charge in [-0.3, -0.25) is 9.59 Å². The third kappa shape index (κ3) is 4.62. The van der Waals surface area contributed by atoms with Gasteiger partial charge >= 0.3 is 0 Å². The number of carbonyl (C=O) groups excluding carboxylic acids is 2. The summed E-state index contributed by atoms with van der Waals surface area (Å²) in [5, 5.41) is 13.9. The second-order valence-corrected chi connectivity index (χ2v) is 4.84. The highest BCUT2D eigenvalue weighted by molar-refractivity contribution is 6.04. The highest BCUT2D eigenvalue weighted by Gasteiger charge is 2.11. The number of amides is 2. The molecule has 0 aliphatic carbocycles. The van der Waals surface area contributed by atoms with Crippen molar-refractivity contribution in [1.29, 1.82) is 0 Å². The monoisotopic (exact) mass is 316 g/mol. The van der Waals surface area contributed by atoms with Crippen LogP contribution in [0.5, 0.6) is 0 Å². The van der Waals surface area contributed by atoms with Gasteiger partial charge in [-0.2, -0.15) is 0 Å². The molecule has 0 unspecified atom stereocenters. The first-order chi connectivity index (χ1) is 11.1. The molecule has 120 valence electrons. The van der Waals surface area contributed by atoms with Crippen molar-refractivity contribution in [2.75, 3.05) is 18.5 Å². The number of benzene rings is 2. The number of hydrogen-bond acceptors (Lipinski definition) is 3. The lowest BCUT2D eigenvalue weighted by Gasteiger charge is -2.08. The van der Waals surface area contributed by atoms with Crippen LogP contribution in [0.4, 0.5) is 10.1 Å². The molecule has 0 heterocycles. The van der Waals surface area contributed by atoms with Gasteiger partial charge in [0.2, 0.25) is 0 Å². The van der Waals surface area contributed by atoms with Gasteiger partial charge in [0.15, 0.2) is 0 Å². The minimum absolute atomic E-state index is 0.0152. The van der Waals surface area contributed by atoms with E-state index in [1.54, 1.807) is 30.3 Å². The second kappa shape index (κ2) is 8.05. The fourth-order valence-corrected chi connectivity index (χ4v) is 1.93. The molecule has 5 nitrogen and oxygen atoms in total. The molecular formula is C17H17FN2O3. The fourth-order valence-electron chi connectivity index (χ4n) is 1.93. The van der Waals surface area contributed by atoms with E-state index in [-0.39, 0.29) is 18.1 Å². The van der Waals surface area contributed by atoms with Crippen LogP contribution in [0, 0.1) is 5.82 Å². The predicted molar refractivity (Wildman–Crippen MR) is 84.8 cm³/mol. The summed E-state index contributed by atoms with van der Waals surface area (Å²) in [5.74, 6) is -1.40. The molecule has 0 saturated carbocycles. The number of aliphatic hydroxyl groups excluding tert-OH is 1. The first-order valence-electron chi connectivity index (χ1n) is 7.17. The van der Waals surface area contributed by atoms with Gasteiger partial charge in [0, 0.05) is 24.4 Å². The van der Waals surface area contributed by atoms with Crippen LogP contribution in [0.1, 0.15) is 27.1 Å². The maximum Gasteiger partial charge on any atom is 0.258 e. The van der Waals surface area contributed by atoms with E-state index in [2.05, 4.69) is 10.6 Å². The Bertz CT molecular complexity index is 686. The predicted octanol–water partition coefficient (Wildman–Crippen LogP) is 2.19. The molecule has 2 aromatic carbocycles. The van der Waals surface area contributed by atoms with E-state index in [9.17, 15) is 14.0 Å².